The Balaban J connectivity index is 2.05. The van der Waals surface area contributed by atoms with E-state index in [1.807, 2.05) is 25.2 Å². The van der Waals surface area contributed by atoms with Crippen LogP contribution in [0.4, 0.5) is 0 Å². The number of methoxy groups -OCH3 is 1. The summed E-state index contributed by atoms with van der Waals surface area (Å²) in [5, 5.41) is 5.69. The Morgan fingerprint density at radius 2 is 1.86 bits per heavy atom. The standard InChI is InChI=1S/C17H16BrNO2/c1-19-16(15-7-8-21-17(15)18)13-4-3-12-10-14(20-2)6-5-11(12)9-13/h3-10,16,19H,1-2H3. The van der Waals surface area contributed by atoms with Crippen molar-refractivity contribution in [1.29, 1.82) is 0 Å². The molecule has 1 atom stereocenters. The first-order chi connectivity index (χ1) is 10.2. The maximum absolute atomic E-state index is 5.35. The second kappa shape index (κ2) is 5.92. The maximum Gasteiger partial charge on any atom is 0.174 e. The van der Waals surface area contributed by atoms with Gasteiger partial charge in [-0.1, -0.05) is 18.2 Å². The molecule has 0 aliphatic carbocycles. The molecule has 21 heavy (non-hydrogen) atoms. The van der Waals surface area contributed by atoms with Gasteiger partial charge in [0.2, 0.25) is 0 Å². The third-order valence-corrected chi connectivity index (χ3v) is 4.30. The minimum atomic E-state index is 0.0876. The Morgan fingerprint density at radius 3 is 2.52 bits per heavy atom. The molecule has 0 spiro atoms. The van der Waals surface area contributed by atoms with Crippen LogP contribution in [0.3, 0.4) is 0 Å². The van der Waals surface area contributed by atoms with E-state index >= 15 is 0 Å². The molecule has 0 aliphatic heterocycles. The Kier molecular flexibility index (Phi) is 3.99. The average molecular weight is 346 g/mol. The fraction of sp³-hybridized carbons (Fsp3) is 0.176. The van der Waals surface area contributed by atoms with Gasteiger partial charge in [0.15, 0.2) is 4.67 Å². The molecule has 0 bridgehead atoms. The number of ether oxygens (including phenoxy) is 1. The van der Waals surface area contributed by atoms with Crippen LogP contribution in [0.2, 0.25) is 0 Å². The average Bonchev–Trinajstić information content (AvgIpc) is 2.93. The molecule has 0 radical (unpaired) electrons. The van der Waals surface area contributed by atoms with E-state index in [1.54, 1.807) is 13.4 Å². The van der Waals surface area contributed by atoms with Crippen molar-refractivity contribution in [3.8, 4) is 5.75 Å². The highest BCUT2D eigenvalue weighted by atomic mass is 79.9. The van der Waals surface area contributed by atoms with Gasteiger partial charge < -0.3 is 14.5 Å². The number of furan rings is 1. The van der Waals surface area contributed by atoms with Gasteiger partial charge in [-0.15, -0.1) is 0 Å². The van der Waals surface area contributed by atoms with Crippen molar-refractivity contribution in [3.63, 3.8) is 0 Å². The smallest absolute Gasteiger partial charge is 0.174 e. The zero-order chi connectivity index (χ0) is 14.8. The molecule has 1 N–H and O–H groups in total. The normalized spacial score (nSPS) is 12.5. The first-order valence-electron chi connectivity index (χ1n) is 6.71. The zero-order valence-electron chi connectivity index (χ0n) is 11.9. The van der Waals surface area contributed by atoms with Gasteiger partial charge in [0.25, 0.3) is 0 Å². The number of hydrogen-bond donors (Lipinski definition) is 1. The number of hydrogen-bond acceptors (Lipinski definition) is 3. The van der Waals surface area contributed by atoms with Crippen LogP contribution in [0.25, 0.3) is 10.8 Å². The van der Waals surface area contributed by atoms with Crippen LogP contribution in [0.5, 0.6) is 5.75 Å². The van der Waals surface area contributed by atoms with Crippen molar-refractivity contribution in [2.75, 3.05) is 14.2 Å². The van der Waals surface area contributed by atoms with Crippen LogP contribution >= 0.6 is 15.9 Å². The number of nitrogens with one attached hydrogen (secondary N) is 1. The van der Waals surface area contributed by atoms with E-state index in [4.69, 9.17) is 9.15 Å². The summed E-state index contributed by atoms with van der Waals surface area (Å²) in [6.07, 6.45) is 1.69. The summed E-state index contributed by atoms with van der Waals surface area (Å²) >= 11 is 3.45. The van der Waals surface area contributed by atoms with Crippen molar-refractivity contribution in [1.82, 2.24) is 5.32 Å². The van der Waals surface area contributed by atoms with Gasteiger partial charge in [-0.2, -0.15) is 0 Å². The van der Waals surface area contributed by atoms with Crippen LogP contribution in [-0.2, 0) is 0 Å². The Bertz CT molecular complexity index is 766. The number of benzene rings is 2. The van der Waals surface area contributed by atoms with E-state index < -0.39 is 0 Å². The summed E-state index contributed by atoms with van der Waals surface area (Å²) in [6.45, 7) is 0. The molecule has 0 fully saturated rings. The van der Waals surface area contributed by atoms with Crippen molar-refractivity contribution in [2.45, 2.75) is 6.04 Å². The van der Waals surface area contributed by atoms with E-state index in [2.05, 4.69) is 45.5 Å². The lowest BCUT2D eigenvalue weighted by atomic mass is 9.98. The van der Waals surface area contributed by atoms with Gasteiger partial charge >= 0.3 is 0 Å². The van der Waals surface area contributed by atoms with Crippen molar-refractivity contribution in [3.05, 3.63) is 64.5 Å². The summed E-state index contributed by atoms with van der Waals surface area (Å²) in [4.78, 5) is 0. The lowest BCUT2D eigenvalue weighted by molar-refractivity contribution is 0.415. The monoisotopic (exact) mass is 345 g/mol. The Morgan fingerprint density at radius 1 is 1.10 bits per heavy atom. The second-order valence-electron chi connectivity index (χ2n) is 4.84. The fourth-order valence-corrected chi connectivity index (χ4v) is 3.03. The molecule has 2 aromatic carbocycles. The van der Waals surface area contributed by atoms with Crippen LogP contribution in [-0.4, -0.2) is 14.2 Å². The topological polar surface area (TPSA) is 34.4 Å². The van der Waals surface area contributed by atoms with Gasteiger partial charge in [0, 0.05) is 5.56 Å². The molecule has 3 nitrogen and oxygen atoms in total. The molecule has 1 unspecified atom stereocenters. The minimum absolute atomic E-state index is 0.0876. The zero-order valence-corrected chi connectivity index (χ0v) is 13.5. The van der Waals surface area contributed by atoms with Crippen LogP contribution in [0.15, 0.2) is 57.8 Å². The molecular formula is C17H16BrNO2. The number of fused-ring (bicyclic) bond motifs is 1. The predicted octanol–water partition coefficient (Wildman–Crippen LogP) is 4.51. The summed E-state index contributed by atoms with van der Waals surface area (Å²) in [7, 11) is 3.63. The van der Waals surface area contributed by atoms with E-state index in [1.165, 1.54) is 16.3 Å². The second-order valence-corrected chi connectivity index (χ2v) is 5.56. The molecule has 0 saturated carbocycles. The van der Waals surface area contributed by atoms with Crippen LogP contribution < -0.4 is 10.1 Å². The molecule has 3 rings (SSSR count). The molecule has 3 aromatic rings. The molecule has 0 amide bonds. The molecule has 0 aliphatic rings. The van der Waals surface area contributed by atoms with Gasteiger partial charge in [-0.3, -0.25) is 0 Å². The lowest BCUT2D eigenvalue weighted by Gasteiger charge is -2.16. The van der Waals surface area contributed by atoms with Gasteiger partial charge in [-0.25, -0.2) is 0 Å². The van der Waals surface area contributed by atoms with Crippen LogP contribution in [0, 0.1) is 0 Å². The summed E-state index contributed by atoms with van der Waals surface area (Å²) in [5.74, 6) is 0.873. The fourth-order valence-electron chi connectivity index (χ4n) is 2.56. The summed E-state index contributed by atoms with van der Waals surface area (Å²) in [5.41, 5.74) is 2.28. The largest absolute Gasteiger partial charge is 0.497 e. The van der Waals surface area contributed by atoms with Crippen molar-refractivity contribution < 1.29 is 9.15 Å². The highest BCUT2D eigenvalue weighted by Crippen LogP contribution is 2.31. The predicted molar refractivity (Wildman–Crippen MR) is 87.8 cm³/mol. The molecule has 4 heteroatoms. The van der Waals surface area contributed by atoms with Crippen molar-refractivity contribution in [2.24, 2.45) is 0 Å². The lowest BCUT2D eigenvalue weighted by Crippen LogP contribution is -2.17. The SMILES string of the molecule is CNC(c1ccc2cc(OC)ccc2c1)c1ccoc1Br. The van der Waals surface area contributed by atoms with Gasteiger partial charge in [0.1, 0.15) is 5.75 Å². The third kappa shape index (κ3) is 2.69. The Labute approximate surface area is 132 Å². The summed E-state index contributed by atoms with van der Waals surface area (Å²) in [6, 6.07) is 14.6. The van der Waals surface area contributed by atoms with E-state index in [0.29, 0.717) is 0 Å². The van der Waals surface area contributed by atoms with Crippen LogP contribution in [0.1, 0.15) is 17.2 Å². The molecular weight excluding hydrogens is 330 g/mol. The summed E-state index contributed by atoms with van der Waals surface area (Å²) < 4.78 is 11.4. The Hall–Kier alpha value is -1.78. The van der Waals surface area contributed by atoms with Crippen molar-refractivity contribution >= 4 is 26.7 Å². The molecule has 0 saturated heterocycles. The van der Waals surface area contributed by atoms with E-state index in [0.717, 1.165) is 16.0 Å². The third-order valence-electron chi connectivity index (χ3n) is 3.65. The van der Waals surface area contributed by atoms with E-state index in [-0.39, 0.29) is 6.04 Å². The molecule has 1 heterocycles. The number of halogens is 1. The van der Waals surface area contributed by atoms with E-state index in [9.17, 15) is 0 Å². The minimum Gasteiger partial charge on any atom is -0.497 e. The first kappa shape index (κ1) is 14.2. The quantitative estimate of drug-likeness (QED) is 0.755. The number of rotatable bonds is 4. The molecule has 108 valence electrons. The molecule has 1 aromatic heterocycles. The highest BCUT2D eigenvalue weighted by molar-refractivity contribution is 9.10. The van der Waals surface area contributed by atoms with Gasteiger partial charge in [0.05, 0.1) is 19.4 Å². The van der Waals surface area contributed by atoms with Gasteiger partial charge in [-0.05, 0) is 63.6 Å². The maximum atomic E-state index is 5.35. The first-order valence-corrected chi connectivity index (χ1v) is 7.50. The highest BCUT2D eigenvalue weighted by Gasteiger charge is 2.17.